The summed E-state index contributed by atoms with van der Waals surface area (Å²) in [7, 11) is 0. The number of benzene rings is 1. The Morgan fingerprint density at radius 1 is 1.19 bits per heavy atom. The van der Waals surface area contributed by atoms with Gasteiger partial charge in [-0.25, -0.2) is 8.78 Å². The monoisotopic (exact) mass is 371 g/mol. The Kier molecular flexibility index (Phi) is 4.83. The molecule has 142 valence electrons. The average molecular weight is 371 g/mol. The fraction of sp³-hybridized carbons (Fsp3) is 0.381. The van der Waals surface area contributed by atoms with Crippen LogP contribution in [0.2, 0.25) is 0 Å². The second kappa shape index (κ2) is 7.27. The molecule has 0 saturated carbocycles. The highest BCUT2D eigenvalue weighted by atomic mass is 19.3. The Morgan fingerprint density at radius 2 is 1.96 bits per heavy atom. The number of hydrogen-bond donors (Lipinski definition) is 0. The van der Waals surface area contributed by atoms with Crippen LogP contribution < -0.4 is 4.74 Å². The van der Waals surface area contributed by atoms with Gasteiger partial charge in [-0.15, -0.1) is 0 Å². The predicted octanol–water partition coefficient (Wildman–Crippen LogP) is 4.34. The zero-order valence-electron chi connectivity index (χ0n) is 15.3. The van der Waals surface area contributed by atoms with Crippen LogP contribution in [-0.2, 0) is 13.1 Å². The van der Waals surface area contributed by atoms with Crippen LogP contribution in [0.1, 0.15) is 18.9 Å². The van der Waals surface area contributed by atoms with Crippen molar-refractivity contribution in [1.29, 1.82) is 0 Å². The van der Waals surface area contributed by atoms with E-state index in [1.165, 1.54) is 0 Å². The van der Waals surface area contributed by atoms with E-state index in [0.29, 0.717) is 12.3 Å². The lowest BCUT2D eigenvalue weighted by atomic mass is 10.1. The predicted molar refractivity (Wildman–Crippen MR) is 101 cm³/mol. The van der Waals surface area contributed by atoms with Crippen molar-refractivity contribution in [2.45, 2.75) is 38.4 Å². The number of likely N-dealkylation sites (tertiary alicyclic amines) is 1. The standard InChI is InChI=1S/C21H23F2N3O/c1-2-25-12-16(19-5-3-4-6-20(19)25)13-26-15-21(22,23)11-17(26)14-27-18-7-9-24-10-8-18/h3-10,12,17H,2,11,13-15H2,1H3/t17-/m0/s1. The number of ether oxygens (including phenoxy) is 1. The van der Waals surface area contributed by atoms with Crippen LogP contribution in [0.5, 0.6) is 5.75 Å². The molecule has 1 aliphatic rings. The molecule has 3 heterocycles. The zero-order chi connectivity index (χ0) is 18.9. The van der Waals surface area contributed by atoms with Crippen molar-refractivity contribution in [3.05, 3.63) is 60.6 Å². The first kappa shape index (κ1) is 17.9. The molecule has 1 fully saturated rings. The highest BCUT2D eigenvalue weighted by Gasteiger charge is 2.45. The first-order chi connectivity index (χ1) is 13.1. The number of aryl methyl sites for hydroxylation is 1. The first-order valence-electron chi connectivity index (χ1n) is 9.27. The summed E-state index contributed by atoms with van der Waals surface area (Å²) in [5.74, 6) is -2.03. The largest absolute Gasteiger partial charge is 0.492 e. The summed E-state index contributed by atoms with van der Waals surface area (Å²) in [5.41, 5.74) is 2.23. The number of alkyl halides is 2. The number of aromatic nitrogens is 2. The van der Waals surface area contributed by atoms with E-state index in [1.807, 2.05) is 17.0 Å². The van der Waals surface area contributed by atoms with Crippen molar-refractivity contribution in [2.75, 3.05) is 13.2 Å². The number of rotatable bonds is 6. The van der Waals surface area contributed by atoms with Crippen LogP contribution in [0, 0.1) is 0 Å². The van der Waals surface area contributed by atoms with Crippen LogP contribution in [0.15, 0.2) is 55.0 Å². The number of para-hydroxylation sites is 1. The molecule has 1 aromatic carbocycles. The molecular formula is C21H23F2N3O. The SMILES string of the molecule is CCn1cc(CN2CC(F)(F)C[C@H]2COc2ccncc2)c2ccccc21. The molecule has 1 saturated heterocycles. The van der Waals surface area contributed by atoms with Crippen LogP contribution in [0.4, 0.5) is 8.78 Å². The van der Waals surface area contributed by atoms with Gasteiger partial charge in [0, 0.05) is 49.0 Å². The molecule has 3 aromatic rings. The third-order valence-electron chi connectivity index (χ3n) is 5.16. The van der Waals surface area contributed by atoms with Gasteiger partial charge in [0.2, 0.25) is 0 Å². The highest BCUT2D eigenvalue weighted by molar-refractivity contribution is 5.83. The van der Waals surface area contributed by atoms with E-state index < -0.39 is 5.92 Å². The first-order valence-corrected chi connectivity index (χ1v) is 9.27. The average Bonchev–Trinajstić information content (AvgIpc) is 3.17. The maximum Gasteiger partial charge on any atom is 0.262 e. The Labute approximate surface area is 157 Å². The summed E-state index contributed by atoms with van der Waals surface area (Å²) < 4.78 is 36.2. The molecule has 27 heavy (non-hydrogen) atoms. The Bertz CT molecular complexity index is 910. The summed E-state index contributed by atoms with van der Waals surface area (Å²) in [4.78, 5) is 5.80. The number of nitrogens with zero attached hydrogens (tertiary/aromatic N) is 3. The Morgan fingerprint density at radius 3 is 2.74 bits per heavy atom. The lowest BCUT2D eigenvalue weighted by Gasteiger charge is -2.23. The van der Waals surface area contributed by atoms with Gasteiger partial charge in [-0.2, -0.15) is 0 Å². The van der Waals surface area contributed by atoms with Crippen LogP contribution in [0.3, 0.4) is 0 Å². The maximum absolute atomic E-state index is 14.1. The molecule has 2 aromatic heterocycles. The smallest absolute Gasteiger partial charge is 0.262 e. The molecule has 0 amide bonds. The van der Waals surface area contributed by atoms with Crippen molar-refractivity contribution in [3.63, 3.8) is 0 Å². The Hall–Kier alpha value is -2.47. The third kappa shape index (κ3) is 3.81. The van der Waals surface area contributed by atoms with Crippen LogP contribution >= 0.6 is 0 Å². The zero-order valence-corrected chi connectivity index (χ0v) is 15.3. The van der Waals surface area contributed by atoms with Crippen molar-refractivity contribution in [1.82, 2.24) is 14.5 Å². The molecular weight excluding hydrogens is 348 g/mol. The number of fused-ring (bicyclic) bond motifs is 1. The quantitative estimate of drug-likeness (QED) is 0.646. The van der Waals surface area contributed by atoms with Crippen LogP contribution in [0.25, 0.3) is 10.9 Å². The summed E-state index contributed by atoms with van der Waals surface area (Å²) in [6.07, 6.45) is 5.18. The van der Waals surface area contributed by atoms with Gasteiger partial charge in [0.05, 0.1) is 12.6 Å². The molecule has 0 unspecified atom stereocenters. The van der Waals surface area contributed by atoms with Gasteiger partial charge in [0.25, 0.3) is 5.92 Å². The number of halogens is 2. The summed E-state index contributed by atoms with van der Waals surface area (Å²) >= 11 is 0. The molecule has 6 heteroatoms. The van der Waals surface area contributed by atoms with E-state index in [4.69, 9.17) is 4.74 Å². The maximum atomic E-state index is 14.1. The van der Waals surface area contributed by atoms with Gasteiger partial charge in [0.1, 0.15) is 12.4 Å². The van der Waals surface area contributed by atoms with Gasteiger partial charge >= 0.3 is 0 Å². The van der Waals surface area contributed by atoms with Gasteiger partial charge in [-0.3, -0.25) is 9.88 Å². The Balaban J connectivity index is 1.54. The van der Waals surface area contributed by atoms with E-state index in [-0.39, 0.29) is 25.6 Å². The highest BCUT2D eigenvalue weighted by Crippen LogP contribution is 2.34. The van der Waals surface area contributed by atoms with E-state index in [0.717, 1.165) is 23.0 Å². The van der Waals surface area contributed by atoms with E-state index in [1.54, 1.807) is 24.5 Å². The van der Waals surface area contributed by atoms with E-state index >= 15 is 0 Å². The van der Waals surface area contributed by atoms with Crippen molar-refractivity contribution in [3.8, 4) is 5.75 Å². The summed E-state index contributed by atoms with van der Waals surface area (Å²) in [6, 6.07) is 11.3. The molecule has 0 N–H and O–H groups in total. The minimum absolute atomic E-state index is 0.176. The lowest BCUT2D eigenvalue weighted by Crippen LogP contribution is -2.34. The van der Waals surface area contributed by atoms with Crippen LogP contribution in [-0.4, -0.2) is 39.6 Å². The van der Waals surface area contributed by atoms with Gasteiger partial charge < -0.3 is 9.30 Å². The molecule has 1 aliphatic heterocycles. The van der Waals surface area contributed by atoms with Gasteiger partial charge in [0.15, 0.2) is 0 Å². The second-order valence-electron chi connectivity index (χ2n) is 7.07. The number of hydrogen-bond acceptors (Lipinski definition) is 3. The molecule has 1 atom stereocenters. The van der Waals surface area contributed by atoms with E-state index in [2.05, 4.69) is 34.8 Å². The van der Waals surface area contributed by atoms with E-state index in [9.17, 15) is 8.78 Å². The normalized spacial score (nSPS) is 19.6. The fourth-order valence-electron chi connectivity index (χ4n) is 3.87. The lowest BCUT2D eigenvalue weighted by molar-refractivity contribution is 0.0112. The summed E-state index contributed by atoms with van der Waals surface area (Å²) in [6.45, 7) is 3.44. The number of pyridine rings is 1. The topological polar surface area (TPSA) is 30.3 Å². The molecule has 0 spiro atoms. The molecule has 0 radical (unpaired) electrons. The van der Waals surface area contributed by atoms with Crippen molar-refractivity contribution in [2.24, 2.45) is 0 Å². The second-order valence-corrected chi connectivity index (χ2v) is 7.07. The molecule has 0 aliphatic carbocycles. The minimum atomic E-state index is -2.69. The fourth-order valence-corrected chi connectivity index (χ4v) is 3.87. The molecule has 0 bridgehead atoms. The van der Waals surface area contributed by atoms with Crippen molar-refractivity contribution < 1.29 is 13.5 Å². The molecule has 4 rings (SSSR count). The van der Waals surface area contributed by atoms with Crippen molar-refractivity contribution >= 4 is 10.9 Å². The summed E-state index contributed by atoms with van der Waals surface area (Å²) in [5, 5.41) is 1.13. The third-order valence-corrected chi connectivity index (χ3v) is 5.16. The molecule has 4 nitrogen and oxygen atoms in total. The minimum Gasteiger partial charge on any atom is -0.492 e. The van der Waals surface area contributed by atoms with Gasteiger partial charge in [-0.1, -0.05) is 18.2 Å². The van der Waals surface area contributed by atoms with Gasteiger partial charge in [-0.05, 0) is 30.7 Å².